The average molecular weight is 289 g/mol. The van der Waals surface area contributed by atoms with E-state index in [1.165, 1.54) is 6.39 Å². The average Bonchev–Trinajstić information content (AvgIpc) is 3.02. The minimum Gasteiger partial charge on any atom is -0.452 e. The summed E-state index contributed by atoms with van der Waals surface area (Å²) < 4.78 is 11.4. The molecule has 0 spiro atoms. The monoisotopic (exact) mass is 288 g/mol. The van der Waals surface area contributed by atoms with Crippen molar-refractivity contribution in [1.82, 2.24) is 9.88 Å². The van der Waals surface area contributed by atoms with E-state index in [1.54, 1.807) is 6.20 Å². The van der Waals surface area contributed by atoms with Crippen LogP contribution < -0.4 is 0 Å². The number of oxazole rings is 1. The Labute approximate surface area is 120 Å². The Kier molecular flexibility index (Phi) is 2.62. The minimum absolute atomic E-state index is 0.661. The largest absolute Gasteiger partial charge is 0.452 e. The second-order valence-corrected chi connectivity index (χ2v) is 5.57. The molecule has 102 valence electrons. The van der Waals surface area contributed by atoms with Crippen molar-refractivity contribution in [3.63, 3.8) is 0 Å². The summed E-state index contributed by atoms with van der Waals surface area (Å²) in [5.74, 6) is 1.42. The second kappa shape index (κ2) is 4.36. The third-order valence-electron chi connectivity index (χ3n) is 3.83. The maximum absolute atomic E-state index is 6.37. The lowest BCUT2D eigenvalue weighted by atomic mass is 10.0. The topological polar surface area (TPSA) is 42.4 Å². The van der Waals surface area contributed by atoms with E-state index < -0.39 is 0 Å². The Morgan fingerprint density at radius 3 is 3.00 bits per heavy atom. The number of likely N-dealkylation sites (N-methyl/N-ethyl adjacent to an activating group) is 1. The number of halogens is 1. The number of aromatic nitrogens is 1. The van der Waals surface area contributed by atoms with E-state index in [4.69, 9.17) is 20.4 Å². The molecule has 0 bridgehead atoms. The highest BCUT2D eigenvalue weighted by atomic mass is 35.5. The summed E-state index contributed by atoms with van der Waals surface area (Å²) in [5, 5.41) is 1.94. The lowest BCUT2D eigenvalue weighted by Crippen LogP contribution is -2.18. The van der Waals surface area contributed by atoms with E-state index in [1.807, 2.05) is 12.1 Å². The molecule has 3 aromatic rings. The van der Waals surface area contributed by atoms with Gasteiger partial charge in [-0.05, 0) is 31.2 Å². The molecule has 1 aromatic carbocycles. The molecule has 0 saturated heterocycles. The van der Waals surface area contributed by atoms with Gasteiger partial charge in [-0.25, -0.2) is 4.98 Å². The van der Waals surface area contributed by atoms with Gasteiger partial charge in [0.1, 0.15) is 5.58 Å². The number of furan rings is 1. The molecule has 20 heavy (non-hydrogen) atoms. The van der Waals surface area contributed by atoms with Crippen LogP contribution >= 0.6 is 11.6 Å². The van der Waals surface area contributed by atoms with Crippen molar-refractivity contribution in [2.75, 3.05) is 13.6 Å². The predicted molar refractivity (Wildman–Crippen MR) is 76.8 cm³/mol. The molecule has 5 heteroatoms. The van der Waals surface area contributed by atoms with Gasteiger partial charge in [0.15, 0.2) is 17.9 Å². The van der Waals surface area contributed by atoms with E-state index >= 15 is 0 Å². The van der Waals surface area contributed by atoms with Crippen molar-refractivity contribution < 1.29 is 8.83 Å². The van der Waals surface area contributed by atoms with Crippen LogP contribution in [0.15, 0.2) is 33.6 Å². The van der Waals surface area contributed by atoms with Crippen molar-refractivity contribution in [2.45, 2.75) is 13.0 Å². The Morgan fingerprint density at radius 2 is 2.20 bits per heavy atom. The van der Waals surface area contributed by atoms with E-state index in [0.29, 0.717) is 5.76 Å². The van der Waals surface area contributed by atoms with Crippen LogP contribution in [0.4, 0.5) is 0 Å². The number of hydrogen-bond donors (Lipinski definition) is 0. The Hall–Kier alpha value is -1.78. The molecule has 0 saturated carbocycles. The molecule has 0 radical (unpaired) electrons. The molecular formula is C15H13ClN2O2. The van der Waals surface area contributed by atoms with Crippen LogP contribution in [-0.4, -0.2) is 23.5 Å². The molecule has 3 heterocycles. The zero-order chi connectivity index (χ0) is 13.7. The molecular weight excluding hydrogens is 276 g/mol. The molecule has 4 rings (SSSR count). The first-order chi connectivity index (χ1) is 9.74. The van der Waals surface area contributed by atoms with Gasteiger partial charge in [-0.15, -0.1) is 0 Å². The smallest absolute Gasteiger partial charge is 0.189 e. The normalized spacial score (nSPS) is 15.7. The highest BCUT2D eigenvalue weighted by molar-refractivity contribution is 6.32. The molecule has 0 N–H and O–H groups in total. The van der Waals surface area contributed by atoms with Crippen LogP contribution in [0.5, 0.6) is 0 Å². The summed E-state index contributed by atoms with van der Waals surface area (Å²) in [6, 6.07) is 3.83. The van der Waals surface area contributed by atoms with Crippen molar-refractivity contribution in [3.05, 3.63) is 40.9 Å². The van der Waals surface area contributed by atoms with Crippen molar-refractivity contribution >= 4 is 22.6 Å². The van der Waals surface area contributed by atoms with Crippen LogP contribution in [-0.2, 0) is 13.0 Å². The number of rotatable bonds is 1. The SMILES string of the molecule is CN1CCc2c(Cl)ccc3oc(-c4cnco4)c(c23)C1. The lowest BCUT2D eigenvalue weighted by Gasteiger charge is -2.13. The fourth-order valence-corrected chi connectivity index (χ4v) is 3.13. The number of nitrogens with zero attached hydrogens (tertiary/aromatic N) is 2. The molecule has 2 aromatic heterocycles. The van der Waals surface area contributed by atoms with E-state index in [9.17, 15) is 0 Å². The quantitative estimate of drug-likeness (QED) is 0.684. The lowest BCUT2D eigenvalue weighted by molar-refractivity contribution is 0.335. The zero-order valence-corrected chi connectivity index (χ0v) is 11.8. The first-order valence-electron chi connectivity index (χ1n) is 6.54. The number of hydrogen-bond acceptors (Lipinski definition) is 4. The fraction of sp³-hybridized carbons (Fsp3) is 0.267. The highest BCUT2D eigenvalue weighted by Gasteiger charge is 2.25. The molecule has 0 amide bonds. The third kappa shape index (κ3) is 1.69. The van der Waals surface area contributed by atoms with Gasteiger partial charge in [-0.2, -0.15) is 0 Å². The van der Waals surface area contributed by atoms with E-state index in [-0.39, 0.29) is 0 Å². The van der Waals surface area contributed by atoms with Crippen molar-refractivity contribution in [1.29, 1.82) is 0 Å². The third-order valence-corrected chi connectivity index (χ3v) is 4.19. The summed E-state index contributed by atoms with van der Waals surface area (Å²) in [6.45, 7) is 1.79. The molecule has 1 aliphatic heterocycles. The second-order valence-electron chi connectivity index (χ2n) is 5.16. The molecule has 0 unspecified atom stereocenters. The number of benzene rings is 1. The van der Waals surface area contributed by atoms with Gasteiger partial charge in [0, 0.05) is 29.1 Å². The minimum atomic E-state index is 0.661. The first kappa shape index (κ1) is 12.0. The maximum atomic E-state index is 6.37. The summed E-state index contributed by atoms with van der Waals surface area (Å²) >= 11 is 6.37. The summed E-state index contributed by atoms with van der Waals surface area (Å²) in [7, 11) is 2.10. The molecule has 1 aliphatic rings. The van der Waals surface area contributed by atoms with Crippen LogP contribution in [0.25, 0.3) is 22.5 Å². The Balaban J connectivity index is 2.07. The van der Waals surface area contributed by atoms with Gasteiger partial charge in [-0.3, -0.25) is 0 Å². The molecule has 0 atom stereocenters. The standard InChI is InChI=1S/C15H13ClN2O2/c1-18-5-4-9-11(16)2-3-12-14(9)10(7-18)15(20-12)13-6-17-8-19-13/h2-3,6,8H,4-5,7H2,1H3. The van der Waals surface area contributed by atoms with Crippen molar-refractivity contribution in [2.24, 2.45) is 0 Å². The van der Waals surface area contributed by atoms with Crippen LogP contribution in [0.2, 0.25) is 5.02 Å². The van der Waals surface area contributed by atoms with Gasteiger partial charge in [0.25, 0.3) is 0 Å². The van der Waals surface area contributed by atoms with Gasteiger partial charge in [0.2, 0.25) is 0 Å². The highest BCUT2D eigenvalue weighted by Crippen LogP contribution is 2.39. The summed E-state index contributed by atoms with van der Waals surface area (Å²) in [5.41, 5.74) is 3.16. The Morgan fingerprint density at radius 1 is 1.30 bits per heavy atom. The molecule has 0 fully saturated rings. The summed E-state index contributed by atoms with van der Waals surface area (Å²) in [4.78, 5) is 6.24. The molecule has 0 aliphatic carbocycles. The van der Waals surface area contributed by atoms with E-state index in [0.717, 1.165) is 52.4 Å². The fourth-order valence-electron chi connectivity index (χ4n) is 2.88. The van der Waals surface area contributed by atoms with Crippen LogP contribution in [0, 0.1) is 0 Å². The Bertz CT molecular complexity index is 777. The van der Waals surface area contributed by atoms with Gasteiger partial charge < -0.3 is 13.7 Å². The van der Waals surface area contributed by atoms with Gasteiger partial charge in [0.05, 0.1) is 6.20 Å². The van der Waals surface area contributed by atoms with Crippen LogP contribution in [0.1, 0.15) is 11.1 Å². The predicted octanol–water partition coefficient (Wildman–Crippen LogP) is 3.73. The zero-order valence-electron chi connectivity index (χ0n) is 11.0. The van der Waals surface area contributed by atoms with Crippen LogP contribution in [0.3, 0.4) is 0 Å². The molecule has 4 nitrogen and oxygen atoms in total. The van der Waals surface area contributed by atoms with E-state index in [2.05, 4.69) is 16.9 Å². The maximum Gasteiger partial charge on any atom is 0.189 e. The summed E-state index contributed by atoms with van der Waals surface area (Å²) in [6.07, 6.45) is 4.03. The first-order valence-corrected chi connectivity index (χ1v) is 6.92. The van der Waals surface area contributed by atoms with Crippen molar-refractivity contribution in [3.8, 4) is 11.5 Å². The van der Waals surface area contributed by atoms with Gasteiger partial charge >= 0.3 is 0 Å². The van der Waals surface area contributed by atoms with Gasteiger partial charge in [-0.1, -0.05) is 11.6 Å².